The Balaban J connectivity index is 2.10. The molecule has 0 heterocycles. The molecule has 0 aliphatic rings. The smallest absolute Gasteiger partial charge is 0.323 e. The lowest BCUT2D eigenvalue weighted by Gasteiger charge is -2.15. The van der Waals surface area contributed by atoms with Crippen molar-refractivity contribution in [1.29, 1.82) is 0 Å². The van der Waals surface area contributed by atoms with Crippen LogP contribution in [0.1, 0.15) is 76.0 Å². The third-order valence-electron chi connectivity index (χ3n) is 4.81. The van der Waals surface area contributed by atoms with E-state index >= 15 is 0 Å². The Bertz CT molecular complexity index is 744. The Morgan fingerprint density at radius 3 is 1.88 bits per heavy atom. The van der Waals surface area contributed by atoms with Gasteiger partial charge in [0.15, 0.2) is 0 Å². The molecule has 1 atom stereocenters. The van der Waals surface area contributed by atoms with E-state index in [0.29, 0.717) is 6.61 Å². The molecule has 2 nitrogen and oxygen atoms in total. The highest BCUT2D eigenvalue weighted by atomic mass is 32.2. The zero-order valence-electron chi connectivity index (χ0n) is 20.5. The molecule has 0 aromatic heterocycles. The summed E-state index contributed by atoms with van der Waals surface area (Å²) in [7, 11) is 0. The van der Waals surface area contributed by atoms with E-state index in [4.69, 9.17) is 4.74 Å². The van der Waals surface area contributed by atoms with Crippen molar-refractivity contribution in [2.75, 3.05) is 12.4 Å². The Hall–Kier alpha value is -2.26. The molecule has 0 aliphatic heterocycles. The van der Waals surface area contributed by atoms with Gasteiger partial charge in [0.2, 0.25) is 0 Å². The van der Waals surface area contributed by atoms with Gasteiger partial charge < -0.3 is 4.74 Å². The lowest BCUT2D eigenvalue weighted by molar-refractivity contribution is -0.142. The molecule has 0 amide bonds. The van der Waals surface area contributed by atoms with Gasteiger partial charge >= 0.3 is 5.97 Å². The van der Waals surface area contributed by atoms with Crippen LogP contribution in [-0.2, 0) is 9.53 Å². The van der Waals surface area contributed by atoms with Crippen molar-refractivity contribution >= 4 is 17.7 Å². The monoisotopic (exact) mass is 466 g/mol. The molecule has 180 valence electrons. The molecule has 33 heavy (non-hydrogen) atoms. The Kier molecular flexibility index (Phi) is 18.8. The molecule has 1 unspecified atom stereocenters. The number of allylic oxidation sites excluding steroid dienone is 10. The maximum atomic E-state index is 12.3. The van der Waals surface area contributed by atoms with Crippen molar-refractivity contribution in [1.82, 2.24) is 0 Å². The number of rotatable bonds is 18. The summed E-state index contributed by atoms with van der Waals surface area (Å²) >= 11 is 1.69. The van der Waals surface area contributed by atoms with Crippen molar-refractivity contribution < 1.29 is 9.53 Å². The lowest BCUT2D eigenvalue weighted by Crippen LogP contribution is -2.13. The molecule has 0 spiro atoms. The van der Waals surface area contributed by atoms with E-state index in [1.165, 1.54) is 0 Å². The minimum absolute atomic E-state index is 0.133. The highest BCUT2D eigenvalue weighted by molar-refractivity contribution is 8.00. The Morgan fingerprint density at radius 1 is 0.788 bits per heavy atom. The number of benzene rings is 1. The van der Waals surface area contributed by atoms with Crippen LogP contribution in [0.15, 0.2) is 91.1 Å². The fourth-order valence-electron chi connectivity index (χ4n) is 3.08. The standard InChI is InChI=1S/C30H42O2S/c1-3-5-6-7-8-9-10-11-12-13-14-15-16-17-18-19-20-24-27-33-29(30(31)32-4-2)28-25-22-21-23-26-28/h5-6,8-9,11-12,14-15,17-18,21-23,25-26,29H,3-4,7,10,13,16,19-20,24,27H2,1-2H3/b6-5-,9-8-,12-11-,15-14-,18-17-. The fourth-order valence-corrected chi connectivity index (χ4v) is 4.24. The number of thioether (sulfide) groups is 1. The molecule has 0 fully saturated rings. The molecule has 0 radical (unpaired) electrons. The minimum Gasteiger partial charge on any atom is -0.465 e. The second-order valence-electron chi connectivity index (χ2n) is 7.62. The molecule has 1 rings (SSSR count). The van der Waals surface area contributed by atoms with Crippen LogP contribution in [0.25, 0.3) is 0 Å². The number of carbonyl (C=O) groups excluding carboxylic acids is 1. The van der Waals surface area contributed by atoms with Crippen LogP contribution in [0.2, 0.25) is 0 Å². The first-order chi connectivity index (χ1) is 16.3. The van der Waals surface area contributed by atoms with Gasteiger partial charge in [0.1, 0.15) is 5.25 Å². The van der Waals surface area contributed by atoms with Crippen molar-refractivity contribution in [3.05, 3.63) is 96.7 Å². The number of unbranched alkanes of at least 4 members (excludes halogenated alkanes) is 2. The van der Waals surface area contributed by atoms with Crippen molar-refractivity contribution in [3.63, 3.8) is 0 Å². The summed E-state index contributed by atoms with van der Waals surface area (Å²) in [5, 5.41) is -0.222. The Labute approximate surface area is 206 Å². The summed E-state index contributed by atoms with van der Waals surface area (Å²) in [6.07, 6.45) is 30.7. The van der Waals surface area contributed by atoms with Gasteiger partial charge in [0, 0.05) is 0 Å². The third-order valence-corrected chi connectivity index (χ3v) is 6.13. The summed E-state index contributed by atoms with van der Waals surface area (Å²) in [6.45, 7) is 4.44. The summed E-state index contributed by atoms with van der Waals surface area (Å²) in [6, 6.07) is 9.94. The van der Waals surface area contributed by atoms with Gasteiger partial charge in [-0.15, -0.1) is 11.8 Å². The molecule has 3 heteroatoms. The fraction of sp³-hybridized carbons (Fsp3) is 0.433. The van der Waals surface area contributed by atoms with Crippen molar-refractivity contribution in [3.8, 4) is 0 Å². The first-order valence-corrected chi connectivity index (χ1v) is 13.4. The second-order valence-corrected chi connectivity index (χ2v) is 8.83. The molecular weight excluding hydrogens is 424 g/mol. The molecule has 1 aromatic carbocycles. The van der Waals surface area contributed by atoms with Gasteiger partial charge in [-0.05, 0) is 69.6 Å². The second kappa shape index (κ2) is 21.6. The van der Waals surface area contributed by atoms with E-state index in [1.54, 1.807) is 11.8 Å². The largest absolute Gasteiger partial charge is 0.465 e. The molecule has 0 N–H and O–H groups in total. The highest BCUT2D eigenvalue weighted by Gasteiger charge is 2.21. The number of carbonyl (C=O) groups is 1. The normalized spacial score (nSPS) is 13.3. The average molecular weight is 467 g/mol. The van der Waals surface area contributed by atoms with E-state index < -0.39 is 0 Å². The summed E-state index contributed by atoms with van der Waals surface area (Å²) in [5.41, 5.74) is 1.03. The van der Waals surface area contributed by atoms with Gasteiger partial charge in [-0.1, -0.05) is 98.0 Å². The average Bonchev–Trinajstić information content (AvgIpc) is 2.83. The molecule has 0 aliphatic carbocycles. The molecule has 1 aromatic rings. The van der Waals surface area contributed by atoms with Crippen LogP contribution in [0.5, 0.6) is 0 Å². The van der Waals surface area contributed by atoms with Crippen molar-refractivity contribution in [2.45, 2.75) is 70.5 Å². The first-order valence-electron chi connectivity index (χ1n) is 12.4. The Morgan fingerprint density at radius 2 is 1.33 bits per heavy atom. The SMILES string of the molecule is CC/C=C\C/C=C\C/C=C\C/C=C\C/C=C\CCCCSC(C(=O)OCC)c1ccccc1. The van der Waals surface area contributed by atoms with Crippen LogP contribution >= 0.6 is 11.8 Å². The number of hydrogen-bond donors (Lipinski definition) is 0. The van der Waals surface area contributed by atoms with Gasteiger partial charge in [-0.25, -0.2) is 0 Å². The predicted octanol–water partition coefficient (Wildman–Crippen LogP) is 8.95. The van der Waals surface area contributed by atoms with Crippen LogP contribution in [-0.4, -0.2) is 18.3 Å². The van der Waals surface area contributed by atoms with Crippen LogP contribution in [0.4, 0.5) is 0 Å². The molecule has 0 saturated carbocycles. The van der Waals surface area contributed by atoms with Gasteiger partial charge in [0.05, 0.1) is 6.61 Å². The zero-order chi connectivity index (χ0) is 23.8. The summed E-state index contributed by atoms with van der Waals surface area (Å²) < 4.78 is 5.26. The van der Waals surface area contributed by atoms with Crippen LogP contribution < -0.4 is 0 Å². The van der Waals surface area contributed by atoms with Gasteiger partial charge in [0.25, 0.3) is 0 Å². The van der Waals surface area contributed by atoms with E-state index in [0.717, 1.165) is 62.7 Å². The van der Waals surface area contributed by atoms with Crippen LogP contribution in [0.3, 0.4) is 0 Å². The minimum atomic E-state index is -0.222. The van der Waals surface area contributed by atoms with Gasteiger partial charge in [-0.2, -0.15) is 0 Å². The topological polar surface area (TPSA) is 26.3 Å². The van der Waals surface area contributed by atoms with E-state index in [1.807, 2.05) is 37.3 Å². The maximum Gasteiger partial charge on any atom is 0.323 e. The van der Waals surface area contributed by atoms with Crippen LogP contribution in [0, 0.1) is 0 Å². The summed E-state index contributed by atoms with van der Waals surface area (Å²) in [4.78, 5) is 12.3. The summed E-state index contributed by atoms with van der Waals surface area (Å²) in [5.74, 6) is 0.829. The molecular formula is C30H42O2S. The quantitative estimate of drug-likeness (QED) is 0.123. The number of ether oxygens (including phenoxy) is 1. The van der Waals surface area contributed by atoms with E-state index in [9.17, 15) is 4.79 Å². The zero-order valence-corrected chi connectivity index (χ0v) is 21.3. The third kappa shape index (κ3) is 16.1. The first kappa shape index (κ1) is 28.8. The van der Waals surface area contributed by atoms with Gasteiger partial charge in [-0.3, -0.25) is 4.79 Å². The predicted molar refractivity (Wildman–Crippen MR) is 147 cm³/mol. The lowest BCUT2D eigenvalue weighted by atomic mass is 10.1. The maximum absolute atomic E-state index is 12.3. The molecule has 0 bridgehead atoms. The van der Waals surface area contributed by atoms with E-state index in [2.05, 4.69) is 67.7 Å². The highest BCUT2D eigenvalue weighted by Crippen LogP contribution is 2.31. The molecule has 0 saturated heterocycles. The number of hydrogen-bond acceptors (Lipinski definition) is 3. The van der Waals surface area contributed by atoms with E-state index in [-0.39, 0.29) is 11.2 Å². The number of esters is 1. The van der Waals surface area contributed by atoms with Crippen molar-refractivity contribution in [2.24, 2.45) is 0 Å².